The third kappa shape index (κ3) is 6.52. The predicted molar refractivity (Wildman–Crippen MR) is 125 cm³/mol. The first kappa shape index (κ1) is 21.7. The van der Waals surface area contributed by atoms with Gasteiger partial charge in [0.2, 0.25) is 5.91 Å². The third-order valence-electron chi connectivity index (χ3n) is 5.10. The summed E-state index contributed by atoms with van der Waals surface area (Å²) in [5, 5.41) is 8.85. The predicted octanol–water partition coefficient (Wildman–Crippen LogP) is 4.58. The van der Waals surface area contributed by atoms with Gasteiger partial charge in [-0.3, -0.25) is 14.9 Å². The van der Waals surface area contributed by atoms with Gasteiger partial charge in [-0.15, -0.1) is 0 Å². The van der Waals surface area contributed by atoms with Crippen LogP contribution in [0.5, 0.6) is 0 Å². The molecule has 5 nitrogen and oxygen atoms in total. The molecule has 1 aliphatic carbocycles. The number of rotatable bonds is 5. The maximum atomic E-state index is 12.7. The SMILES string of the molecule is Cc1ccc(C=CC(=O)NC(=S)Nc2ccccc2C(=O)NC2CCCCC2)cc1. The Morgan fingerprint density at radius 2 is 1.70 bits per heavy atom. The molecule has 6 heteroatoms. The Hall–Kier alpha value is -2.99. The van der Waals surface area contributed by atoms with Gasteiger partial charge in [0.05, 0.1) is 11.3 Å². The molecular weight excluding hydrogens is 394 g/mol. The first-order valence-electron chi connectivity index (χ1n) is 10.3. The zero-order chi connectivity index (χ0) is 21.3. The minimum absolute atomic E-state index is 0.126. The fraction of sp³-hybridized carbons (Fsp3) is 0.292. The largest absolute Gasteiger partial charge is 0.349 e. The Kier molecular flexibility index (Phi) is 7.74. The summed E-state index contributed by atoms with van der Waals surface area (Å²) in [6.07, 6.45) is 8.72. The molecule has 2 amide bonds. The maximum Gasteiger partial charge on any atom is 0.253 e. The lowest BCUT2D eigenvalue weighted by atomic mass is 9.95. The lowest BCUT2D eigenvalue weighted by Gasteiger charge is -2.23. The summed E-state index contributed by atoms with van der Waals surface area (Å²) < 4.78 is 0. The van der Waals surface area contributed by atoms with Crippen molar-refractivity contribution in [2.24, 2.45) is 0 Å². The van der Waals surface area contributed by atoms with Crippen LogP contribution in [0.15, 0.2) is 54.6 Å². The Bertz CT molecular complexity index is 932. The topological polar surface area (TPSA) is 70.2 Å². The number of carbonyl (C=O) groups excluding carboxylic acids is 2. The van der Waals surface area contributed by atoms with Crippen molar-refractivity contribution in [2.75, 3.05) is 5.32 Å². The summed E-state index contributed by atoms with van der Waals surface area (Å²) in [5.74, 6) is -0.462. The molecule has 1 saturated carbocycles. The van der Waals surface area contributed by atoms with E-state index in [1.165, 1.54) is 12.5 Å². The minimum atomic E-state index is -0.336. The number of anilines is 1. The first-order chi connectivity index (χ1) is 14.5. The van der Waals surface area contributed by atoms with E-state index < -0.39 is 0 Å². The van der Waals surface area contributed by atoms with Gasteiger partial charge >= 0.3 is 0 Å². The molecule has 0 heterocycles. The molecule has 1 aliphatic rings. The fourth-order valence-corrected chi connectivity index (χ4v) is 3.67. The molecule has 0 unspecified atom stereocenters. The van der Waals surface area contributed by atoms with Crippen molar-refractivity contribution in [3.05, 3.63) is 71.3 Å². The van der Waals surface area contributed by atoms with Gasteiger partial charge in [-0.25, -0.2) is 0 Å². The van der Waals surface area contributed by atoms with Crippen molar-refractivity contribution in [1.29, 1.82) is 0 Å². The van der Waals surface area contributed by atoms with Crippen molar-refractivity contribution in [2.45, 2.75) is 45.1 Å². The Balaban J connectivity index is 1.57. The summed E-state index contributed by atoms with van der Waals surface area (Å²) in [5.41, 5.74) is 3.17. The van der Waals surface area contributed by atoms with Gasteiger partial charge in [0.1, 0.15) is 0 Å². The van der Waals surface area contributed by atoms with Crippen molar-refractivity contribution >= 4 is 40.9 Å². The van der Waals surface area contributed by atoms with E-state index >= 15 is 0 Å². The fourth-order valence-electron chi connectivity index (χ4n) is 3.46. The van der Waals surface area contributed by atoms with Crippen LogP contribution < -0.4 is 16.0 Å². The molecule has 2 aromatic carbocycles. The molecule has 3 rings (SSSR count). The summed E-state index contributed by atoms with van der Waals surface area (Å²) in [7, 11) is 0. The lowest BCUT2D eigenvalue weighted by Crippen LogP contribution is -2.37. The zero-order valence-corrected chi connectivity index (χ0v) is 17.9. The average molecular weight is 422 g/mol. The number of nitrogens with one attached hydrogen (secondary N) is 3. The van der Waals surface area contributed by atoms with Crippen molar-refractivity contribution in [1.82, 2.24) is 10.6 Å². The van der Waals surface area contributed by atoms with Crippen LogP contribution in [-0.4, -0.2) is 23.0 Å². The molecule has 156 valence electrons. The van der Waals surface area contributed by atoms with Gasteiger partial charge in [0, 0.05) is 12.1 Å². The number of amides is 2. The van der Waals surface area contributed by atoms with Crippen LogP contribution in [0.1, 0.15) is 53.6 Å². The Morgan fingerprint density at radius 3 is 2.43 bits per heavy atom. The van der Waals surface area contributed by atoms with Crippen LogP contribution in [0.2, 0.25) is 0 Å². The van der Waals surface area contributed by atoms with Gasteiger partial charge in [-0.2, -0.15) is 0 Å². The monoisotopic (exact) mass is 421 g/mol. The molecule has 0 bridgehead atoms. The van der Waals surface area contributed by atoms with Gasteiger partial charge < -0.3 is 10.6 Å². The smallest absolute Gasteiger partial charge is 0.253 e. The van der Waals surface area contributed by atoms with Gasteiger partial charge in [-0.1, -0.05) is 61.2 Å². The standard InChI is InChI=1S/C24H27N3O2S/c1-17-11-13-18(14-12-17)15-16-22(28)27-24(30)26-21-10-6-5-9-20(21)23(29)25-19-7-3-2-4-8-19/h5-6,9-16,19H,2-4,7-8H2,1H3,(H,25,29)(H2,26,27,28,30). The zero-order valence-electron chi connectivity index (χ0n) is 17.1. The van der Waals surface area contributed by atoms with Crippen LogP contribution in [0.25, 0.3) is 6.08 Å². The number of aryl methyl sites for hydroxylation is 1. The number of benzene rings is 2. The molecule has 3 N–H and O–H groups in total. The van der Waals surface area contributed by atoms with Gasteiger partial charge in [0.15, 0.2) is 5.11 Å². The highest BCUT2D eigenvalue weighted by molar-refractivity contribution is 7.80. The van der Waals surface area contributed by atoms with E-state index in [4.69, 9.17) is 12.2 Å². The van der Waals surface area contributed by atoms with E-state index in [0.29, 0.717) is 11.3 Å². The molecule has 2 aromatic rings. The summed E-state index contributed by atoms with van der Waals surface area (Å²) >= 11 is 5.26. The first-order valence-corrected chi connectivity index (χ1v) is 10.7. The summed E-state index contributed by atoms with van der Waals surface area (Å²) in [6, 6.07) is 15.2. The van der Waals surface area contributed by atoms with Gasteiger partial charge in [0.25, 0.3) is 5.91 Å². The maximum absolute atomic E-state index is 12.7. The van der Waals surface area contributed by atoms with E-state index in [9.17, 15) is 9.59 Å². The average Bonchev–Trinajstić information content (AvgIpc) is 2.74. The lowest BCUT2D eigenvalue weighted by molar-refractivity contribution is -0.115. The van der Waals surface area contributed by atoms with Crippen LogP contribution in [0, 0.1) is 6.92 Å². The molecule has 0 spiro atoms. The number of thiocarbonyl (C=S) groups is 1. The Morgan fingerprint density at radius 1 is 1.00 bits per heavy atom. The number of hydrogen-bond donors (Lipinski definition) is 3. The van der Waals surface area contributed by atoms with Crippen LogP contribution in [0.4, 0.5) is 5.69 Å². The second-order valence-corrected chi connectivity index (χ2v) is 7.95. The molecular formula is C24H27N3O2S. The molecule has 0 saturated heterocycles. The highest BCUT2D eigenvalue weighted by Crippen LogP contribution is 2.20. The van der Waals surface area contributed by atoms with Crippen LogP contribution >= 0.6 is 12.2 Å². The van der Waals surface area contributed by atoms with E-state index in [1.807, 2.05) is 43.3 Å². The van der Waals surface area contributed by atoms with Crippen LogP contribution in [0.3, 0.4) is 0 Å². The minimum Gasteiger partial charge on any atom is -0.349 e. The summed E-state index contributed by atoms with van der Waals surface area (Å²) in [6.45, 7) is 2.01. The molecule has 0 aromatic heterocycles. The van der Waals surface area contributed by atoms with E-state index in [-0.39, 0.29) is 23.0 Å². The number of carbonyl (C=O) groups is 2. The molecule has 0 atom stereocenters. The second kappa shape index (κ2) is 10.7. The summed E-state index contributed by atoms with van der Waals surface area (Å²) in [4.78, 5) is 24.9. The highest BCUT2D eigenvalue weighted by Gasteiger charge is 2.18. The van der Waals surface area contributed by atoms with E-state index in [0.717, 1.165) is 36.8 Å². The van der Waals surface area contributed by atoms with Crippen molar-refractivity contribution < 1.29 is 9.59 Å². The van der Waals surface area contributed by atoms with Crippen molar-refractivity contribution in [3.8, 4) is 0 Å². The number of para-hydroxylation sites is 1. The third-order valence-corrected chi connectivity index (χ3v) is 5.31. The van der Waals surface area contributed by atoms with Crippen LogP contribution in [-0.2, 0) is 4.79 Å². The second-order valence-electron chi connectivity index (χ2n) is 7.54. The molecule has 1 fully saturated rings. The molecule has 30 heavy (non-hydrogen) atoms. The number of hydrogen-bond acceptors (Lipinski definition) is 3. The van der Waals surface area contributed by atoms with E-state index in [2.05, 4.69) is 16.0 Å². The van der Waals surface area contributed by atoms with Gasteiger partial charge in [-0.05, 0) is 55.8 Å². The normalized spacial score (nSPS) is 14.3. The highest BCUT2D eigenvalue weighted by atomic mass is 32.1. The molecule has 0 radical (unpaired) electrons. The quantitative estimate of drug-likeness (QED) is 0.488. The van der Waals surface area contributed by atoms with Crippen molar-refractivity contribution in [3.63, 3.8) is 0 Å². The molecule has 0 aliphatic heterocycles. The van der Waals surface area contributed by atoms with E-state index in [1.54, 1.807) is 18.2 Å². The Labute approximate surface area is 183 Å².